The third-order valence-electron chi connectivity index (χ3n) is 6.50. The first-order chi connectivity index (χ1) is 20.4. The van der Waals surface area contributed by atoms with E-state index in [1.807, 2.05) is 6.07 Å². The lowest BCUT2D eigenvalue weighted by Gasteiger charge is -2.24. The van der Waals surface area contributed by atoms with Gasteiger partial charge >= 0.3 is 11.9 Å². The fourth-order valence-corrected chi connectivity index (χ4v) is 4.14. The SMILES string of the molecule is CC(C)[C@H](NC(=O)CNC(=O)[C@H](Cc1ccccc1)NC(=O)[C@H](CCC(=O)O)NC(=O)[C@@H](N)Cc1ccccc1)C(=O)O. The molecule has 0 aliphatic carbocycles. The van der Waals surface area contributed by atoms with Crippen molar-refractivity contribution in [3.63, 3.8) is 0 Å². The van der Waals surface area contributed by atoms with Crippen LogP contribution >= 0.6 is 0 Å². The maximum absolute atomic E-state index is 13.3. The Morgan fingerprint density at radius 1 is 0.721 bits per heavy atom. The molecule has 0 saturated heterocycles. The normalized spacial score (nSPS) is 13.6. The second kappa shape index (κ2) is 17.2. The van der Waals surface area contributed by atoms with E-state index in [9.17, 15) is 39.0 Å². The Balaban J connectivity index is 2.15. The van der Waals surface area contributed by atoms with E-state index in [0.717, 1.165) is 5.56 Å². The van der Waals surface area contributed by atoms with Gasteiger partial charge in [0.05, 0.1) is 12.6 Å². The van der Waals surface area contributed by atoms with Gasteiger partial charge in [0.2, 0.25) is 23.6 Å². The second-order valence-electron chi connectivity index (χ2n) is 10.4. The van der Waals surface area contributed by atoms with Crippen molar-refractivity contribution in [2.24, 2.45) is 11.7 Å². The number of benzene rings is 2. The molecular formula is C30H39N5O8. The molecule has 2 aromatic carbocycles. The quantitative estimate of drug-likeness (QED) is 0.130. The Kier molecular flexibility index (Phi) is 13.8. The number of amides is 4. The van der Waals surface area contributed by atoms with Gasteiger partial charge in [-0.25, -0.2) is 4.79 Å². The number of nitrogens with one attached hydrogen (secondary N) is 4. The van der Waals surface area contributed by atoms with Crippen molar-refractivity contribution in [3.8, 4) is 0 Å². The predicted octanol–water partition coefficient (Wildman–Crippen LogP) is -0.0249. The van der Waals surface area contributed by atoms with Gasteiger partial charge in [-0.1, -0.05) is 74.5 Å². The number of rotatable bonds is 17. The summed E-state index contributed by atoms with van der Waals surface area (Å²) in [5.74, 6) is -5.78. The molecule has 43 heavy (non-hydrogen) atoms. The molecule has 0 heterocycles. The minimum absolute atomic E-state index is 0.0108. The van der Waals surface area contributed by atoms with Crippen LogP contribution in [0.2, 0.25) is 0 Å². The highest BCUT2D eigenvalue weighted by atomic mass is 16.4. The minimum atomic E-state index is -1.32. The largest absolute Gasteiger partial charge is 0.481 e. The van der Waals surface area contributed by atoms with E-state index in [2.05, 4.69) is 21.3 Å². The van der Waals surface area contributed by atoms with Crippen molar-refractivity contribution >= 4 is 35.6 Å². The number of hydrogen-bond acceptors (Lipinski definition) is 7. The second-order valence-corrected chi connectivity index (χ2v) is 10.4. The van der Waals surface area contributed by atoms with Crippen LogP contribution in [-0.4, -0.2) is 76.5 Å². The minimum Gasteiger partial charge on any atom is -0.481 e. The molecule has 0 spiro atoms. The smallest absolute Gasteiger partial charge is 0.326 e. The third-order valence-corrected chi connectivity index (χ3v) is 6.50. The lowest BCUT2D eigenvalue weighted by Crippen LogP contribution is -2.57. The maximum Gasteiger partial charge on any atom is 0.326 e. The predicted molar refractivity (Wildman–Crippen MR) is 156 cm³/mol. The molecule has 4 atom stereocenters. The van der Waals surface area contributed by atoms with Crippen molar-refractivity contribution in [2.45, 2.75) is 63.7 Å². The van der Waals surface area contributed by atoms with Gasteiger partial charge in [-0.2, -0.15) is 0 Å². The lowest BCUT2D eigenvalue weighted by molar-refractivity contribution is -0.143. The van der Waals surface area contributed by atoms with Crippen LogP contribution < -0.4 is 27.0 Å². The summed E-state index contributed by atoms with van der Waals surface area (Å²) < 4.78 is 0. The number of nitrogens with two attached hydrogens (primary N) is 1. The zero-order chi connectivity index (χ0) is 31.9. The Morgan fingerprint density at radius 2 is 1.26 bits per heavy atom. The highest BCUT2D eigenvalue weighted by Gasteiger charge is 2.30. The van der Waals surface area contributed by atoms with Gasteiger partial charge in [-0.3, -0.25) is 24.0 Å². The van der Waals surface area contributed by atoms with Gasteiger partial charge in [0.25, 0.3) is 0 Å². The van der Waals surface area contributed by atoms with Gasteiger partial charge in [0, 0.05) is 12.8 Å². The molecule has 0 saturated carbocycles. The van der Waals surface area contributed by atoms with Gasteiger partial charge < -0.3 is 37.2 Å². The fourth-order valence-electron chi connectivity index (χ4n) is 4.14. The maximum atomic E-state index is 13.3. The summed E-state index contributed by atoms with van der Waals surface area (Å²) in [7, 11) is 0. The Hall–Kier alpha value is -4.78. The molecule has 0 radical (unpaired) electrons. The first kappa shape index (κ1) is 34.4. The molecule has 2 aromatic rings. The van der Waals surface area contributed by atoms with Crippen LogP contribution in [0.15, 0.2) is 60.7 Å². The highest BCUT2D eigenvalue weighted by molar-refractivity contribution is 5.94. The van der Waals surface area contributed by atoms with Crippen LogP contribution in [-0.2, 0) is 41.6 Å². The summed E-state index contributed by atoms with van der Waals surface area (Å²) in [6.45, 7) is 2.69. The standard InChI is InChI=1S/C30H39N5O8/c1-18(2)26(30(42)43)35-24(36)17-32-28(40)23(16-20-11-7-4-8-12-20)34-29(41)22(13-14-25(37)38)33-27(39)21(31)15-19-9-5-3-6-10-19/h3-12,18,21-23,26H,13-17,31H2,1-2H3,(H,32,40)(H,33,39)(H,34,41)(H,35,36)(H,37,38)(H,42,43)/t21-,22-,23-,26-/m0/s1. The molecule has 8 N–H and O–H groups in total. The average molecular weight is 598 g/mol. The monoisotopic (exact) mass is 597 g/mol. The molecule has 0 bridgehead atoms. The Labute approximate surface area is 249 Å². The average Bonchev–Trinajstić information content (AvgIpc) is 2.96. The van der Waals surface area contributed by atoms with Crippen LogP contribution in [0.5, 0.6) is 0 Å². The van der Waals surface area contributed by atoms with Gasteiger partial charge in [-0.15, -0.1) is 0 Å². The zero-order valence-corrected chi connectivity index (χ0v) is 24.1. The molecule has 0 aliphatic heterocycles. The first-order valence-corrected chi connectivity index (χ1v) is 13.8. The van der Waals surface area contributed by atoms with Crippen LogP contribution in [0.25, 0.3) is 0 Å². The number of carbonyl (C=O) groups excluding carboxylic acids is 4. The van der Waals surface area contributed by atoms with Crippen molar-refractivity contribution in [3.05, 3.63) is 71.8 Å². The molecule has 13 nitrogen and oxygen atoms in total. The summed E-state index contributed by atoms with van der Waals surface area (Å²) in [5, 5.41) is 28.3. The molecular weight excluding hydrogens is 558 g/mol. The summed E-state index contributed by atoms with van der Waals surface area (Å²) in [5.41, 5.74) is 7.52. The molecule has 13 heteroatoms. The van der Waals surface area contributed by atoms with E-state index in [1.54, 1.807) is 68.4 Å². The molecule has 2 rings (SSSR count). The molecule has 4 amide bonds. The summed E-state index contributed by atoms with van der Waals surface area (Å²) >= 11 is 0. The molecule has 0 fully saturated rings. The Bertz CT molecular complexity index is 1260. The van der Waals surface area contributed by atoms with E-state index in [-0.39, 0.29) is 19.3 Å². The number of hydrogen-bond donors (Lipinski definition) is 7. The lowest BCUT2D eigenvalue weighted by atomic mass is 10.0. The molecule has 0 aromatic heterocycles. The third kappa shape index (κ3) is 12.3. The molecule has 0 aliphatic rings. The van der Waals surface area contributed by atoms with Crippen molar-refractivity contribution in [2.75, 3.05) is 6.54 Å². The Morgan fingerprint density at radius 3 is 1.77 bits per heavy atom. The van der Waals surface area contributed by atoms with Gasteiger partial charge in [-0.05, 0) is 29.9 Å². The molecule has 232 valence electrons. The van der Waals surface area contributed by atoms with Gasteiger partial charge in [0.1, 0.15) is 18.1 Å². The number of carboxylic acids is 2. The zero-order valence-electron chi connectivity index (χ0n) is 24.1. The van der Waals surface area contributed by atoms with E-state index >= 15 is 0 Å². The van der Waals surface area contributed by atoms with Crippen molar-refractivity contribution in [1.82, 2.24) is 21.3 Å². The number of carbonyl (C=O) groups is 6. The van der Waals surface area contributed by atoms with E-state index < -0.39 is 78.6 Å². The van der Waals surface area contributed by atoms with Crippen LogP contribution in [0.1, 0.15) is 37.8 Å². The molecule has 0 unspecified atom stereocenters. The summed E-state index contributed by atoms with van der Waals surface area (Å²) in [6.07, 6.45) is -0.515. The number of aliphatic carboxylic acids is 2. The van der Waals surface area contributed by atoms with E-state index in [4.69, 9.17) is 5.73 Å². The number of carboxylic acid groups (broad SMARTS) is 2. The van der Waals surface area contributed by atoms with Crippen LogP contribution in [0.4, 0.5) is 0 Å². The van der Waals surface area contributed by atoms with Crippen LogP contribution in [0, 0.1) is 5.92 Å². The fraction of sp³-hybridized carbons (Fsp3) is 0.400. The topological polar surface area (TPSA) is 217 Å². The highest BCUT2D eigenvalue weighted by Crippen LogP contribution is 2.08. The first-order valence-electron chi connectivity index (χ1n) is 13.8. The summed E-state index contributed by atoms with van der Waals surface area (Å²) in [4.78, 5) is 74.3. The van der Waals surface area contributed by atoms with Crippen LogP contribution in [0.3, 0.4) is 0 Å². The van der Waals surface area contributed by atoms with E-state index in [1.165, 1.54) is 0 Å². The van der Waals surface area contributed by atoms with Gasteiger partial charge in [0.15, 0.2) is 0 Å². The van der Waals surface area contributed by atoms with Crippen molar-refractivity contribution in [1.29, 1.82) is 0 Å². The van der Waals surface area contributed by atoms with Crippen molar-refractivity contribution < 1.29 is 39.0 Å². The summed E-state index contributed by atoms with van der Waals surface area (Å²) in [6, 6.07) is 13.0. The van der Waals surface area contributed by atoms with E-state index in [0.29, 0.717) is 5.56 Å².